The van der Waals surface area contributed by atoms with Crippen molar-refractivity contribution in [1.82, 2.24) is 10.1 Å². The van der Waals surface area contributed by atoms with Crippen molar-refractivity contribution < 1.29 is 18.4 Å². The molecule has 6 heteroatoms. The van der Waals surface area contributed by atoms with Gasteiger partial charge in [0.05, 0.1) is 7.11 Å². The highest BCUT2D eigenvalue weighted by molar-refractivity contribution is 5.72. The quantitative estimate of drug-likeness (QED) is 0.615. The Labute approximate surface area is 103 Å². The molecule has 0 aliphatic heterocycles. The molecule has 18 heavy (non-hydrogen) atoms. The van der Waals surface area contributed by atoms with Crippen molar-refractivity contribution in [3.8, 4) is 11.3 Å². The number of pyridine rings is 1. The van der Waals surface area contributed by atoms with Crippen LogP contribution in [0.3, 0.4) is 0 Å². The highest BCUT2D eigenvalue weighted by Crippen LogP contribution is 2.20. The van der Waals surface area contributed by atoms with E-state index in [-0.39, 0.29) is 6.42 Å². The first kappa shape index (κ1) is 12.2. The van der Waals surface area contributed by atoms with Crippen molar-refractivity contribution in [1.29, 1.82) is 0 Å². The molecular formula is C12H11FN2O3. The fourth-order valence-corrected chi connectivity index (χ4v) is 1.44. The van der Waals surface area contributed by atoms with Crippen LogP contribution in [0.5, 0.6) is 0 Å². The number of esters is 1. The summed E-state index contributed by atoms with van der Waals surface area (Å²) in [5, 5.41) is 3.80. The zero-order valence-electron chi connectivity index (χ0n) is 9.94. The van der Waals surface area contributed by atoms with Gasteiger partial charge in [0.25, 0.3) is 0 Å². The van der Waals surface area contributed by atoms with Crippen LogP contribution in [0.4, 0.5) is 4.39 Å². The number of hydrogen-bond acceptors (Lipinski definition) is 5. The number of carbonyl (C=O) groups excluding carboxylic acids is 1. The molecule has 2 aromatic rings. The summed E-state index contributed by atoms with van der Waals surface area (Å²) in [6.07, 6.45) is 1.37. The Kier molecular flexibility index (Phi) is 3.36. The van der Waals surface area contributed by atoms with Crippen molar-refractivity contribution in [2.45, 2.75) is 13.3 Å². The van der Waals surface area contributed by atoms with Crippen molar-refractivity contribution >= 4 is 5.97 Å². The van der Waals surface area contributed by atoms with E-state index in [1.54, 1.807) is 19.1 Å². The first-order chi connectivity index (χ1) is 8.60. The standard InChI is InChI=1S/C12H11FN2O3/c1-7-3-8(6-14-12(7)13)10-4-9(18-15-10)5-11(16)17-2/h3-4,6H,5H2,1-2H3. The molecule has 2 aromatic heterocycles. The molecule has 0 saturated heterocycles. The van der Waals surface area contributed by atoms with Crippen LogP contribution in [0.15, 0.2) is 22.9 Å². The minimum Gasteiger partial charge on any atom is -0.469 e. The maximum Gasteiger partial charge on any atom is 0.313 e. The van der Waals surface area contributed by atoms with Crippen molar-refractivity contribution in [3.05, 3.63) is 35.6 Å². The molecule has 0 aromatic carbocycles. The third-order valence-electron chi connectivity index (χ3n) is 2.42. The minimum absolute atomic E-state index is 0.0110. The summed E-state index contributed by atoms with van der Waals surface area (Å²) in [6.45, 7) is 1.61. The fourth-order valence-electron chi connectivity index (χ4n) is 1.44. The molecule has 94 valence electrons. The molecule has 0 saturated carbocycles. The van der Waals surface area contributed by atoms with Crippen LogP contribution in [-0.4, -0.2) is 23.2 Å². The van der Waals surface area contributed by atoms with Crippen molar-refractivity contribution in [2.75, 3.05) is 7.11 Å². The molecule has 0 N–H and O–H groups in total. The lowest BCUT2D eigenvalue weighted by Crippen LogP contribution is -2.03. The van der Waals surface area contributed by atoms with E-state index < -0.39 is 11.9 Å². The number of ether oxygens (including phenoxy) is 1. The van der Waals surface area contributed by atoms with Crippen molar-refractivity contribution in [3.63, 3.8) is 0 Å². The molecule has 0 aliphatic rings. The van der Waals surface area contributed by atoms with Crippen LogP contribution in [0, 0.1) is 12.9 Å². The molecule has 0 bridgehead atoms. The predicted octanol–water partition coefficient (Wildman–Crippen LogP) is 1.90. The Bertz CT molecular complexity index is 580. The average Bonchev–Trinajstić information content (AvgIpc) is 2.81. The second-order valence-corrected chi connectivity index (χ2v) is 3.76. The van der Waals surface area contributed by atoms with Crippen LogP contribution in [0.1, 0.15) is 11.3 Å². The normalized spacial score (nSPS) is 10.4. The van der Waals surface area contributed by atoms with Crippen LogP contribution >= 0.6 is 0 Å². The zero-order chi connectivity index (χ0) is 13.1. The number of rotatable bonds is 3. The average molecular weight is 250 g/mol. The van der Waals surface area contributed by atoms with Gasteiger partial charge in [0.1, 0.15) is 17.9 Å². The summed E-state index contributed by atoms with van der Waals surface area (Å²) in [5.41, 5.74) is 1.56. The Morgan fingerprint density at radius 2 is 2.28 bits per heavy atom. The van der Waals surface area contributed by atoms with Gasteiger partial charge in [-0.15, -0.1) is 0 Å². The first-order valence-electron chi connectivity index (χ1n) is 5.25. The Hall–Kier alpha value is -2.24. The second-order valence-electron chi connectivity index (χ2n) is 3.76. The fraction of sp³-hybridized carbons (Fsp3) is 0.250. The summed E-state index contributed by atoms with van der Waals surface area (Å²) >= 11 is 0. The summed E-state index contributed by atoms with van der Waals surface area (Å²) in [7, 11) is 1.30. The van der Waals surface area contributed by atoms with Gasteiger partial charge >= 0.3 is 5.97 Å². The van der Waals surface area contributed by atoms with Gasteiger partial charge in [0, 0.05) is 23.4 Å². The van der Waals surface area contributed by atoms with E-state index in [1.165, 1.54) is 13.3 Å². The van der Waals surface area contributed by atoms with Crippen LogP contribution in [-0.2, 0) is 16.0 Å². The number of aromatic nitrogens is 2. The molecule has 2 rings (SSSR count). The van der Waals surface area contributed by atoms with Crippen LogP contribution < -0.4 is 0 Å². The Morgan fingerprint density at radius 1 is 1.50 bits per heavy atom. The number of carbonyl (C=O) groups is 1. The smallest absolute Gasteiger partial charge is 0.313 e. The lowest BCUT2D eigenvalue weighted by atomic mass is 10.1. The Balaban J connectivity index is 2.23. The minimum atomic E-state index is -0.517. The van der Waals surface area contributed by atoms with Gasteiger partial charge in [-0.1, -0.05) is 5.16 Å². The summed E-state index contributed by atoms with van der Waals surface area (Å²) in [5.74, 6) is -0.540. The predicted molar refractivity (Wildman–Crippen MR) is 60.1 cm³/mol. The molecule has 0 amide bonds. The third kappa shape index (κ3) is 2.53. The van der Waals surface area contributed by atoms with E-state index in [1.807, 2.05) is 0 Å². The van der Waals surface area contributed by atoms with E-state index in [0.29, 0.717) is 22.6 Å². The van der Waals surface area contributed by atoms with Gasteiger partial charge in [-0.3, -0.25) is 4.79 Å². The van der Waals surface area contributed by atoms with Gasteiger partial charge < -0.3 is 9.26 Å². The van der Waals surface area contributed by atoms with E-state index in [2.05, 4.69) is 14.9 Å². The molecule has 5 nitrogen and oxygen atoms in total. The zero-order valence-corrected chi connectivity index (χ0v) is 9.94. The van der Waals surface area contributed by atoms with Crippen LogP contribution in [0.25, 0.3) is 11.3 Å². The van der Waals surface area contributed by atoms with E-state index in [0.717, 1.165) is 0 Å². The highest BCUT2D eigenvalue weighted by atomic mass is 19.1. The molecule has 0 unspecified atom stereocenters. The van der Waals surface area contributed by atoms with E-state index in [4.69, 9.17) is 4.52 Å². The molecule has 0 aliphatic carbocycles. The Morgan fingerprint density at radius 3 is 2.94 bits per heavy atom. The third-order valence-corrected chi connectivity index (χ3v) is 2.42. The SMILES string of the molecule is COC(=O)Cc1cc(-c2cnc(F)c(C)c2)no1. The van der Waals surface area contributed by atoms with E-state index in [9.17, 15) is 9.18 Å². The molecule has 0 radical (unpaired) electrons. The van der Waals surface area contributed by atoms with Gasteiger partial charge in [0.15, 0.2) is 0 Å². The number of halogens is 1. The number of methoxy groups -OCH3 is 1. The monoisotopic (exact) mass is 250 g/mol. The molecule has 0 atom stereocenters. The maximum atomic E-state index is 13.0. The molecule has 2 heterocycles. The molecule has 0 fully saturated rings. The highest BCUT2D eigenvalue weighted by Gasteiger charge is 2.12. The molecular weight excluding hydrogens is 239 g/mol. The van der Waals surface area contributed by atoms with Gasteiger partial charge in [-0.25, -0.2) is 4.98 Å². The summed E-state index contributed by atoms with van der Waals surface area (Å²) in [6, 6.07) is 3.22. The second kappa shape index (κ2) is 4.95. The summed E-state index contributed by atoms with van der Waals surface area (Å²) in [4.78, 5) is 14.7. The largest absolute Gasteiger partial charge is 0.469 e. The maximum absolute atomic E-state index is 13.0. The number of aryl methyl sites for hydroxylation is 1. The molecule has 0 spiro atoms. The van der Waals surface area contributed by atoms with Gasteiger partial charge in [-0.05, 0) is 13.0 Å². The summed E-state index contributed by atoms with van der Waals surface area (Å²) < 4.78 is 22.5. The number of nitrogens with zero attached hydrogens (tertiary/aromatic N) is 2. The van der Waals surface area contributed by atoms with Gasteiger partial charge in [0.2, 0.25) is 5.95 Å². The lowest BCUT2D eigenvalue weighted by Gasteiger charge is -1.97. The topological polar surface area (TPSA) is 65.2 Å². The lowest BCUT2D eigenvalue weighted by molar-refractivity contribution is -0.140. The van der Waals surface area contributed by atoms with Crippen LogP contribution in [0.2, 0.25) is 0 Å². The van der Waals surface area contributed by atoms with Gasteiger partial charge in [-0.2, -0.15) is 4.39 Å². The first-order valence-corrected chi connectivity index (χ1v) is 5.25. The number of hydrogen-bond donors (Lipinski definition) is 0. The van der Waals surface area contributed by atoms with E-state index >= 15 is 0 Å². The van der Waals surface area contributed by atoms with Crippen molar-refractivity contribution in [2.24, 2.45) is 0 Å².